The largest absolute Gasteiger partial charge is 0.508 e. The maximum Gasteiger partial charge on any atom is 0.418 e. The summed E-state index contributed by atoms with van der Waals surface area (Å²) < 4.78 is 6.62. The number of hydrogen-bond donors (Lipinski definition) is 5. The smallest absolute Gasteiger partial charge is 0.418 e. The van der Waals surface area contributed by atoms with Crippen LogP contribution < -0.4 is 11.1 Å². The van der Waals surface area contributed by atoms with E-state index in [9.17, 15) is 29.4 Å². The van der Waals surface area contributed by atoms with E-state index in [0.717, 1.165) is 5.56 Å². The lowest BCUT2D eigenvalue weighted by Crippen LogP contribution is -2.49. The first-order chi connectivity index (χ1) is 16.7. The highest BCUT2D eigenvalue weighted by Crippen LogP contribution is 2.27. The number of carboxylic acids is 2. The van der Waals surface area contributed by atoms with Gasteiger partial charge in [0.25, 0.3) is 0 Å². The molecule has 2 aromatic carbocycles. The van der Waals surface area contributed by atoms with Crippen LogP contribution in [-0.2, 0) is 32.1 Å². The summed E-state index contributed by atoms with van der Waals surface area (Å²) in [6.07, 6.45) is -0.0541. The van der Waals surface area contributed by atoms with Crippen LogP contribution >= 0.6 is 0 Å². The van der Waals surface area contributed by atoms with Crippen molar-refractivity contribution in [2.45, 2.75) is 38.0 Å². The first-order valence-corrected chi connectivity index (χ1v) is 10.7. The second kappa shape index (κ2) is 11.2. The summed E-state index contributed by atoms with van der Waals surface area (Å²) in [6.45, 7) is 0.0433. The number of aliphatic carboxylic acids is 2. The molecule has 0 aliphatic carbocycles. The Kier molecular flexibility index (Phi) is 8.05. The molecule has 0 radical (unpaired) electrons. The van der Waals surface area contributed by atoms with Gasteiger partial charge in [-0.3, -0.25) is 14.2 Å². The normalized spacial score (nSPS) is 12.6. The van der Waals surface area contributed by atoms with Gasteiger partial charge in [0.05, 0.1) is 11.6 Å². The second-order valence-electron chi connectivity index (χ2n) is 7.91. The number of ether oxygens (including phenoxy) is 1. The van der Waals surface area contributed by atoms with Gasteiger partial charge in [0.2, 0.25) is 5.91 Å². The van der Waals surface area contributed by atoms with E-state index in [1.54, 1.807) is 0 Å². The number of rotatable bonds is 10. The fourth-order valence-corrected chi connectivity index (χ4v) is 3.52. The Morgan fingerprint density at radius 1 is 1.06 bits per heavy atom. The molecule has 11 nitrogen and oxygen atoms in total. The number of nitrogens with zero attached hydrogens (tertiary/aromatic N) is 1. The Hall–Kier alpha value is -4.38. The molecule has 184 valence electrons. The number of carboxylic acid groups (broad SMARTS) is 2. The highest BCUT2D eigenvalue weighted by Gasteiger charge is 2.25. The van der Waals surface area contributed by atoms with Crippen molar-refractivity contribution >= 4 is 34.8 Å². The molecule has 0 saturated carbocycles. The van der Waals surface area contributed by atoms with E-state index >= 15 is 0 Å². The monoisotopic (exact) mass is 483 g/mol. The Morgan fingerprint density at radius 2 is 1.77 bits per heavy atom. The Balaban J connectivity index is 1.77. The molecule has 0 aliphatic heterocycles. The maximum atomic E-state index is 12.8. The molecule has 0 saturated heterocycles. The van der Waals surface area contributed by atoms with E-state index in [4.69, 9.17) is 15.6 Å². The van der Waals surface area contributed by atoms with Gasteiger partial charge >= 0.3 is 18.0 Å². The zero-order valence-electron chi connectivity index (χ0n) is 18.6. The average Bonchev–Trinajstić information content (AvgIpc) is 3.17. The predicted molar refractivity (Wildman–Crippen MR) is 124 cm³/mol. The van der Waals surface area contributed by atoms with Crippen molar-refractivity contribution < 1.29 is 39.2 Å². The van der Waals surface area contributed by atoms with Gasteiger partial charge < -0.3 is 31.1 Å². The molecule has 0 spiro atoms. The van der Waals surface area contributed by atoms with Gasteiger partial charge in [-0.2, -0.15) is 0 Å². The van der Waals surface area contributed by atoms with Crippen LogP contribution in [0.25, 0.3) is 10.9 Å². The van der Waals surface area contributed by atoms with Crippen molar-refractivity contribution in [3.63, 3.8) is 0 Å². The third kappa shape index (κ3) is 6.58. The van der Waals surface area contributed by atoms with Crippen molar-refractivity contribution in [3.05, 3.63) is 65.9 Å². The van der Waals surface area contributed by atoms with Crippen molar-refractivity contribution in [3.8, 4) is 5.75 Å². The minimum absolute atomic E-state index is 0.0433. The number of phenols is 1. The number of nitrogens with one attached hydrogen (secondary N) is 1. The molecule has 0 unspecified atom stereocenters. The first kappa shape index (κ1) is 25.2. The fourth-order valence-electron chi connectivity index (χ4n) is 3.52. The lowest BCUT2D eigenvalue weighted by molar-refractivity contribution is -0.143. The molecule has 1 aromatic heterocycles. The zero-order valence-corrected chi connectivity index (χ0v) is 18.6. The number of nitrogens with two attached hydrogens (primary N) is 1. The van der Waals surface area contributed by atoms with Crippen LogP contribution in [0.3, 0.4) is 0 Å². The molecule has 3 aromatic rings. The third-order valence-electron chi connectivity index (χ3n) is 5.31. The van der Waals surface area contributed by atoms with Crippen LogP contribution in [0.15, 0.2) is 54.7 Å². The molecule has 6 N–H and O–H groups in total. The third-order valence-corrected chi connectivity index (χ3v) is 5.31. The van der Waals surface area contributed by atoms with Crippen LogP contribution in [0.4, 0.5) is 4.79 Å². The van der Waals surface area contributed by atoms with Gasteiger partial charge in [-0.15, -0.1) is 0 Å². The maximum absolute atomic E-state index is 12.8. The Labute approximate surface area is 199 Å². The molecule has 3 rings (SSSR count). The number of aromatic hydroxyl groups is 1. The predicted octanol–water partition coefficient (Wildman–Crippen LogP) is 1.84. The number of carbonyl (C=O) groups is 4. The van der Waals surface area contributed by atoms with Crippen LogP contribution in [0, 0.1) is 0 Å². The van der Waals surface area contributed by atoms with Gasteiger partial charge in [-0.05, 0) is 42.2 Å². The van der Waals surface area contributed by atoms with Gasteiger partial charge in [-0.1, -0.05) is 30.3 Å². The van der Waals surface area contributed by atoms with E-state index in [1.165, 1.54) is 29.0 Å². The molecule has 35 heavy (non-hydrogen) atoms. The van der Waals surface area contributed by atoms with E-state index in [-0.39, 0.29) is 25.2 Å². The summed E-state index contributed by atoms with van der Waals surface area (Å²) in [7, 11) is 0. The van der Waals surface area contributed by atoms with E-state index < -0.39 is 42.4 Å². The van der Waals surface area contributed by atoms with Gasteiger partial charge in [0, 0.05) is 18.0 Å². The molecular formula is C24H25N3O8. The minimum atomic E-state index is -1.41. The number of aromatic nitrogens is 1. The first-order valence-electron chi connectivity index (χ1n) is 10.7. The number of hydrogen-bond acceptors (Lipinski definition) is 7. The Morgan fingerprint density at radius 3 is 2.43 bits per heavy atom. The quantitative estimate of drug-likeness (QED) is 0.287. The topological polar surface area (TPSA) is 181 Å². The van der Waals surface area contributed by atoms with Crippen LogP contribution in [0.5, 0.6) is 5.75 Å². The molecule has 2 atom stereocenters. The number of benzene rings is 2. The van der Waals surface area contributed by atoms with Gasteiger partial charge in [0.1, 0.15) is 18.4 Å². The minimum Gasteiger partial charge on any atom is -0.508 e. The van der Waals surface area contributed by atoms with E-state index in [1.807, 2.05) is 30.3 Å². The summed E-state index contributed by atoms with van der Waals surface area (Å²) in [5, 5.41) is 30.7. The molecule has 1 amide bonds. The number of amides is 1. The van der Waals surface area contributed by atoms with Gasteiger partial charge in [-0.25, -0.2) is 9.59 Å². The number of carbonyl (C=O) groups excluding carboxylic acids is 2. The van der Waals surface area contributed by atoms with Crippen molar-refractivity contribution in [1.82, 2.24) is 9.88 Å². The zero-order chi connectivity index (χ0) is 25.5. The number of fused-ring (bicyclic) bond motifs is 1. The molecule has 0 fully saturated rings. The van der Waals surface area contributed by atoms with Crippen LogP contribution in [0.2, 0.25) is 0 Å². The molecule has 0 aliphatic rings. The van der Waals surface area contributed by atoms with Crippen molar-refractivity contribution in [2.75, 3.05) is 0 Å². The molecule has 1 heterocycles. The lowest BCUT2D eigenvalue weighted by Gasteiger charge is -2.17. The van der Waals surface area contributed by atoms with Gasteiger partial charge in [0.15, 0.2) is 0 Å². The highest BCUT2D eigenvalue weighted by atomic mass is 16.5. The summed E-state index contributed by atoms with van der Waals surface area (Å²) in [5.74, 6) is -3.43. The summed E-state index contributed by atoms with van der Waals surface area (Å²) in [5.41, 5.74) is 7.67. The summed E-state index contributed by atoms with van der Waals surface area (Å²) in [4.78, 5) is 47.4. The van der Waals surface area contributed by atoms with Crippen LogP contribution in [-0.4, -0.2) is 55.9 Å². The summed E-state index contributed by atoms with van der Waals surface area (Å²) in [6, 6.07) is 10.8. The van der Waals surface area contributed by atoms with Crippen molar-refractivity contribution in [2.24, 2.45) is 5.73 Å². The molecular weight excluding hydrogens is 458 g/mol. The van der Waals surface area contributed by atoms with Crippen molar-refractivity contribution in [1.29, 1.82) is 0 Å². The molecule has 11 heteroatoms. The highest BCUT2D eigenvalue weighted by molar-refractivity contribution is 5.94. The van der Waals surface area contributed by atoms with Crippen LogP contribution in [0.1, 0.15) is 24.0 Å². The Bertz CT molecular complexity index is 1240. The summed E-state index contributed by atoms with van der Waals surface area (Å²) >= 11 is 0. The van der Waals surface area contributed by atoms with E-state index in [2.05, 4.69) is 5.32 Å². The lowest BCUT2D eigenvalue weighted by atomic mass is 10.0. The molecule has 0 bridgehead atoms. The average molecular weight is 483 g/mol. The standard InChI is InChI=1S/C24H25N3O8/c25-18(22(31)26-19(23(32)33)7-9-21(29)30)10-15-12-27(20-8-6-16(28)11-17(15)20)24(34)35-13-14-4-2-1-3-5-14/h1-6,8,11-12,18-19,28H,7,9-10,13,25H2,(H,26,31)(H,29,30)(H,32,33)/t18-,19-/m0/s1. The second-order valence-corrected chi connectivity index (χ2v) is 7.91. The number of phenolic OH excluding ortho intramolecular Hbond substituents is 1. The fraction of sp³-hybridized carbons (Fsp3) is 0.250. The van der Waals surface area contributed by atoms with E-state index in [0.29, 0.717) is 16.5 Å². The SMILES string of the molecule is N[C@@H](Cc1cn(C(=O)OCc2ccccc2)c2ccc(O)cc12)C(=O)N[C@@H](CCC(=O)O)C(=O)O.